The highest BCUT2D eigenvalue weighted by atomic mass is 19.4. The van der Waals surface area contributed by atoms with Gasteiger partial charge in [-0.3, -0.25) is 0 Å². The van der Waals surface area contributed by atoms with E-state index in [0.717, 1.165) is 43.5 Å². The zero-order valence-corrected chi connectivity index (χ0v) is 21.2. The number of hydrogen-bond acceptors (Lipinski definition) is 3. The summed E-state index contributed by atoms with van der Waals surface area (Å²) in [6.07, 6.45) is -7.63. The Morgan fingerprint density at radius 3 is 1.93 bits per heavy atom. The van der Waals surface area contributed by atoms with E-state index in [0.29, 0.717) is 37.1 Å². The Labute approximate surface area is 227 Å². The van der Waals surface area contributed by atoms with E-state index in [1.807, 2.05) is 6.92 Å². The molecule has 0 N–H and O–H groups in total. The minimum Gasteiger partial charge on any atom is -0.429 e. The lowest BCUT2D eigenvalue weighted by atomic mass is 9.91. The summed E-state index contributed by atoms with van der Waals surface area (Å²) in [4.78, 5) is 0. The van der Waals surface area contributed by atoms with Gasteiger partial charge in [-0.2, -0.15) is 8.78 Å². The van der Waals surface area contributed by atoms with Crippen molar-refractivity contribution in [2.45, 2.75) is 51.2 Å². The summed E-state index contributed by atoms with van der Waals surface area (Å²) in [7, 11) is 0. The van der Waals surface area contributed by atoms with Gasteiger partial charge in [-0.1, -0.05) is 13.3 Å². The fourth-order valence-electron chi connectivity index (χ4n) is 4.68. The molecule has 1 heterocycles. The maximum Gasteiger partial charge on any atom is 0.573 e. The van der Waals surface area contributed by atoms with Crippen LogP contribution < -0.4 is 9.47 Å². The molecule has 41 heavy (non-hydrogen) atoms. The van der Waals surface area contributed by atoms with Crippen LogP contribution in [0.5, 0.6) is 11.5 Å². The Balaban J connectivity index is 1.53. The lowest BCUT2D eigenvalue weighted by Crippen LogP contribution is -2.26. The molecule has 1 aliphatic heterocycles. The van der Waals surface area contributed by atoms with Crippen molar-refractivity contribution in [3.63, 3.8) is 0 Å². The summed E-state index contributed by atoms with van der Waals surface area (Å²) in [6, 6.07) is 3.93. The second-order valence-electron chi connectivity index (χ2n) is 9.49. The lowest BCUT2D eigenvalue weighted by Gasteiger charge is -2.29. The average molecular weight is 596 g/mol. The van der Waals surface area contributed by atoms with Gasteiger partial charge in [0.05, 0.1) is 12.7 Å². The number of rotatable bonds is 8. The Morgan fingerprint density at radius 1 is 0.780 bits per heavy atom. The molecule has 3 aromatic carbocycles. The van der Waals surface area contributed by atoms with Crippen LogP contribution in [-0.4, -0.2) is 13.0 Å². The molecule has 0 spiro atoms. The first-order valence-corrected chi connectivity index (χ1v) is 12.4. The standard InChI is InChI=1S/C28H22F10O3/c1-2-3-14-4-7-24(39-13-14)16-10-20(30)25(21(31)11-16)27(34,35)40-17-5-6-18(19(29)12-17)15-8-22(32)26(23(33)9-15)41-28(36,37)38/h5-6,8-12,14,24H,2-4,7,13H2,1H3. The quantitative estimate of drug-likeness (QED) is 0.243. The number of halogens is 10. The summed E-state index contributed by atoms with van der Waals surface area (Å²) in [6.45, 7) is 2.39. The molecule has 0 amide bonds. The maximum atomic E-state index is 14.9. The third-order valence-electron chi connectivity index (χ3n) is 6.51. The molecular weight excluding hydrogens is 574 g/mol. The highest BCUT2D eigenvalue weighted by Gasteiger charge is 2.42. The molecule has 1 saturated heterocycles. The third kappa shape index (κ3) is 7.06. The van der Waals surface area contributed by atoms with Gasteiger partial charge in [-0.25, -0.2) is 22.0 Å². The molecule has 0 aromatic heterocycles. The smallest absolute Gasteiger partial charge is 0.429 e. The minimum absolute atomic E-state index is 0.0380. The van der Waals surface area contributed by atoms with Gasteiger partial charge < -0.3 is 14.2 Å². The summed E-state index contributed by atoms with van der Waals surface area (Å²) >= 11 is 0. The normalized spacial score (nSPS) is 17.9. The minimum atomic E-state index is -5.40. The Kier molecular flexibility index (Phi) is 8.76. The SMILES string of the molecule is CCCC1CCC(c2cc(F)c(C(F)(F)Oc3ccc(-c4cc(F)c(OC(F)(F)F)c(F)c4)c(F)c3)c(F)c2)OC1. The molecule has 0 radical (unpaired) electrons. The number of alkyl halides is 5. The van der Waals surface area contributed by atoms with Gasteiger partial charge in [0.2, 0.25) is 5.75 Å². The molecule has 3 nitrogen and oxygen atoms in total. The molecule has 0 aliphatic carbocycles. The molecule has 1 fully saturated rings. The average Bonchev–Trinajstić information content (AvgIpc) is 2.85. The van der Waals surface area contributed by atoms with Gasteiger partial charge in [0.15, 0.2) is 11.6 Å². The van der Waals surface area contributed by atoms with Crippen LogP contribution in [0.3, 0.4) is 0 Å². The Morgan fingerprint density at radius 2 is 1.41 bits per heavy atom. The van der Waals surface area contributed by atoms with E-state index in [-0.39, 0.29) is 5.56 Å². The van der Waals surface area contributed by atoms with Crippen LogP contribution in [0.2, 0.25) is 0 Å². The second-order valence-corrected chi connectivity index (χ2v) is 9.49. The largest absolute Gasteiger partial charge is 0.573 e. The van der Waals surface area contributed by atoms with Crippen molar-refractivity contribution in [3.05, 3.63) is 82.7 Å². The highest BCUT2D eigenvalue weighted by molar-refractivity contribution is 5.66. The van der Waals surface area contributed by atoms with Crippen LogP contribution in [0.25, 0.3) is 11.1 Å². The van der Waals surface area contributed by atoms with Crippen molar-refractivity contribution in [2.75, 3.05) is 6.61 Å². The zero-order valence-electron chi connectivity index (χ0n) is 21.2. The molecule has 2 atom stereocenters. The van der Waals surface area contributed by atoms with Crippen molar-refractivity contribution in [2.24, 2.45) is 5.92 Å². The molecule has 2 unspecified atom stereocenters. The molecule has 1 aliphatic rings. The number of benzene rings is 3. The van der Waals surface area contributed by atoms with E-state index < -0.39 is 75.9 Å². The molecule has 0 saturated carbocycles. The summed E-state index contributed by atoms with van der Waals surface area (Å²) in [5, 5.41) is 0. The predicted molar refractivity (Wildman–Crippen MR) is 126 cm³/mol. The van der Waals surface area contributed by atoms with Gasteiger partial charge in [0.1, 0.15) is 28.8 Å². The van der Waals surface area contributed by atoms with E-state index in [1.165, 1.54) is 0 Å². The topological polar surface area (TPSA) is 27.7 Å². The summed E-state index contributed by atoms with van der Waals surface area (Å²) in [5.74, 6) is -10.6. The van der Waals surface area contributed by atoms with E-state index in [4.69, 9.17) is 4.74 Å². The van der Waals surface area contributed by atoms with Gasteiger partial charge in [-0.05, 0) is 72.7 Å². The van der Waals surface area contributed by atoms with Crippen molar-refractivity contribution in [1.82, 2.24) is 0 Å². The van der Waals surface area contributed by atoms with E-state index in [2.05, 4.69) is 9.47 Å². The summed E-state index contributed by atoms with van der Waals surface area (Å²) < 4.78 is 152. The van der Waals surface area contributed by atoms with Gasteiger partial charge >= 0.3 is 12.5 Å². The first kappa shape index (κ1) is 30.5. The van der Waals surface area contributed by atoms with Gasteiger partial charge in [0.25, 0.3) is 0 Å². The fraction of sp³-hybridized carbons (Fsp3) is 0.357. The second kappa shape index (κ2) is 11.8. The van der Waals surface area contributed by atoms with Crippen LogP contribution in [-0.2, 0) is 10.8 Å². The molecule has 0 bridgehead atoms. The van der Waals surface area contributed by atoms with E-state index in [9.17, 15) is 43.9 Å². The van der Waals surface area contributed by atoms with Crippen LogP contribution in [0.1, 0.15) is 49.8 Å². The monoisotopic (exact) mass is 596 g/mol. The van der Waals surface area contributed by atoms with Crippen molar-refractivity contribution in [1.29, 1.82) is 0 Å². The van der Waals surface area contributed by atoms with Crippen molar-refractivity contribution < 1.29 is 58.1 Å². The van der Waals surface area contributed by atoms with Crippen LogP contribution in [0.15, 0.2) is 42.5 Å². The van der Waals surface area contributed by atoms with Crippen LogP contribution in [0.4, 0.5) is 43.9 Å². The first-order valence-electron chi connectivity index (χ1n) is 12.4. The predicted octanol–water partition coefficient (Wildman–Crippen LogP) is 9.34. The van der Waals surface area contributed by atoms with Crippen LogP contribution >= 0.6 is 0 Å². The van der Waals surface area contributed by atoms with Crippen molar-refractivity contribution >= 4 is 0 Å². The van der Waals surface area contributed by atoms with Crippen molar-refractivity contribution in [3.8, 4) is 22.6 Å². The van der Waals surface area contributed by atoms with E-state index in [1.54, 1.807) is 0 Å². The molecule has 4 rings (SSSR count). The molecule has 13 heteroatoms. The summed E-state index contributed by atoms with van der Waals surface area (Å²) in [5.41, 5.74) is -2.89. The molecule has 3 aromatic rings. The van der Waals surface area contributed by atoms with E-state index >= 15 is 0 Å². The Hall–Kier alpha value is -3.48. The van der Waals surface area contributed by atoms with Gasteiger partial charge in [-0.15, -0.1) is 13.2 Å². The number of ether oxygens (including phenoxy) is 3. The third-order valence-corrected chi connectivity index (χ3v) is 6.51. The molecule has 222 valence electrons. The van der Waals surface area contributed by atoms with Crippen LogP contribution in [0, 0.1) is 35.0 Å². The van der Waals surface area contributed by atoms with Gasteiger partial charge in [0, 0.05) is 11.6 Å². The fourth-order valence-corrected chi connectivity index (χ4v) is 4.68. The molecular formula is C28H22F10O3. The highest BCUT2D eigenvalue weighted by Crippen LogP contribution is 2.40. The Bertz CT molecular complexity index is 1350. The first-order chi connectivity index (χ1) is 19.2. The number of hydrogen-bond donors (Lipinski definition) is 0. The lowest BCUT2D eigenvalue weighted by molar-refractivity contribution is -0.276. The maximum absolute atomic E-state index is 14.9. The zero-order chi connectivity index (χ0) is 30.1.